The molecule has 0 aliphatic carbocycles. The number of rotatable bonds is 7. The molecule has 194 valence electrons. The predicted molar refractivity (Wildman–Crippen MR) is 137 cm³/mol. The number of hydrogen-bond acceptors (Lipinski definition) is 18. The van der Waals surface area contributed by atoms with Crippen LogP contribution in [-0.2, 0) is 0 Å². The van der Waals surface area contributed by atoms with Gasteiger partial charge in [0.15, 0.2) is 23.0 Å². The first-order valence-corrected chi connectivity index (χ1v) is 12.2. The van der Waals surface area contributed by atoms with E-state index >= 15 is 0 Å². The van der Waals surface area contributed by atoms with E-state index < -0.39 is 0 Å². The normalized spacial score (nSPS) is 11.8. The van der Waals surface area contributed by atoms with Crippen LogP contribution in [0.15, 0.2) is 20.5 Å². The van der Waals surface area contributed by atoms with E-state index in [1.807, 2.05) is 0 Å². The van der Waals surface area contributed by atoms with Crippen LogP contribution in [0.1, 0.15) is 23.0 Å². The molecule has 0 aromatic carbocycles. The van der Waals surface area contributed by atoms with E-state index in [2.05, 4.69) is 64.3 Å². The fourth-order valence-electron chi connectivity index (χ4n) is 3.08. The van der Waals surface area contributed by atoms with Crippen LogP contribution >= 0.6 is 23.1 Å². The van der Waals surface area contributed by atoms with Crippen molar-refractivity contribution in [3.8, 4) is 17.9 Å². The minimum atomic E-state index is -0.0230. The molecular weight excluding hydrogens is 534 g/mol. The van der Waals surface area contributed by atoms with Crippen LogP contribution in [0.25, 0.3) is 11.9 Å². The van der Waals surface area contributed by atoms with Gasteiger partial charge in [-0.2, -0.15) is 43.3 Å². The molecule has 0 unspecified atom stereocenters. The van der Waals surface area contributed by atoms with Crippen molar-refractivity contribution < 1.29 is 4.74 Å². The van der Waals surface area contributed by atoms with Gasteiger partial charge >= 0.3 is 6.01 Å². The van der Waals surface area contributed by atoms with E-state index in [0.29, 0.717) is 44.7 Å². The van der Waals surface area contributed by atoms with Crippen molar-refractivity contribution in [1.29, 1.82) is 0 Å². The number of aromatic nitrogens is 11. The molecule has 18 nitrogen and oxygen atoms in total. The van der Waals surface area contributed by atoms with Gasteiger partial charge in [-0.05, 0) is 27.7 Å². The summed E-state index contributed by atoms with van der Waals surface area (Å²) in [4.78, 5) is 21.3. The Morgan fingerprint density at radius 3 is 1.47 bits per heavy atom. The SMILES string of the molecule is COc1nc(-n2nc(C)c(N=Nc3nc(C)ns3)c2N)nc(-n2nc(C)c(N=Nc3nc(C)ns3)c2N)n1. The maximum atomic E-state index is 6.33. The highest BCUT2D eigenvalue weighted by molar-refractivity contribution is 7.09. The highest BCUT2D eigenvalue weighted by Crippen LogP contribution is 2.32. The van der Waals surface area contributed by atoms with E-state index in [4.69, 9.17) is 16.2 Å². The van der Waals surface area contributed by atoms with Gasteiger partial charge in [0, 0.05) is 23.1 Å². The van der Waals surface area contributed by atoms with Crippen LogP contribution in [0.4, 0.5) is 33.3 Å². The summed E-state index contributed by atoms with van der Waals surface area (Å²) in [6, 6.07) is -0.0230. The Morgan fingerprint density at radius 1 is 0.658 bits per heavy atom. The van der Waals surface area contributed by atoms with Gasteiger partial charge in [0.25, 0.3) is 11.9 Å². The third-order valence-electron chi connectivity index (χ3n) is 4.78. The van der Waals surface area contributed by atoms with E-state index in [0.717, 1.165) is 23.1 Å². The van der Waals surface area contributed by atoms with E-state index in [1.165, 1.54) is 16.5 Å². The van der Waals surface area contributed by atoms with Crippen molar-refractivity contribution in [2.75, 3.05) is 18.6 Å². The van der Waals surface area contributed by atoms with Crippen LogP contribution in [0.3, 0.4) is 0 Å². The molecule has 0 radical (unpaired) electrons. The molecule has 0 spiro atoms. The Hall–Kier alpha value is -4.85. The lowest BCUT2D eigenvalue weighted by atomic mass is 10.4. The number of anilines is 2. The first-order chi connectivity index (χ1) is 18.2. The number of hydrogen-bond donors (Lipinski definition) is 2. The number of aryl methyl sites for hydroxylation is 4. The van der Waals surface area contributed by atoms with E-state index in [9.17, 15) is 0 Å². The zero-order chi connectivity index (χ0) is 27.0. The maximum absolute atomic E-state index is 6.33. The number of nitrogens with two attached hydrogens (primary N) is 2. The third-order valence-corrected chi connectivity index (χ3v) is 6.17. The van der Waals surface area contributed by atoms with Gasteiger partial charge < -0.3 is 16.2 Å². The average Bonchev–Trinajstić information content (AvgIpc) is 3.64. The Bertz CT molecular complexity index is 1570. The van der Waals surface area contributed by atoms with Crippen LogP contribution in [-0.4, -0.2) is 60.3 Å². The van der Waals surface area contributed by atoms with Crippen molar-refractivity contribution in [3.05, 3.63) is 23.0 Å². The molecule has 4 N–H and O–H groups in total. The smallest absolute Gasteiger partial charge is 0.322 e. The second kappa shape index (κ2) is 9.89. The summed E-state index contributed by atoms with van der Waals surface area (Å²) >= 11 is 2.23. The van der Waals surface area contributed by atoms with Crippen LogP contribution in [0.2, 0.25) is 0 Å². The zero-order valence-electron chi connectivity index (χ0n) is 20.6. The molecule has 0 saturated heterocycles. The van der Waals surface area contributed by atoms with Crippen molar-refractivity contribution in [2.45, 2.75) is 27.7 Å². The molecule has 0 bridgehead atoms. The summed E-state index contributed by atoms with van der Waals surface area (Å²) in [7, 11) is 1.41. The molecule has 0 amide bonds. The first kappa shape index (κ1) is 24.8. The lowest BCUT2D eigenvalue weighted by Crippen LogP contribution is -2.14. The molecule has 0 saturated carbocycles. The summed E-state index contributed by atoms with van der Waals surface area (Å²) in [5, 5.41) is 26.1. The maximum Gasteiger partial charge on any atom is 0.322 e. The van der Waals surface area contributed by atoms with Crippen LogP contribution in [0.5, 0.6) is 6.01 Å². The standard InChI is InChI=1S/C18H19N17OS2/c1-6-10(26-28-17-21-8(3)32-37-17)12(19)34(30-6)14-23-15(25-16(24-14)36-5)35-13(20)11(7(2)31-35)27-29-18-22-9(4)33-38-18/h19-20H2,1-5H3. The zero-order valence-corrected chi connectivity index (χ0v) is 22.2. The molecule has 5 aromatic heterocycles. The predicted octanol–water partition coefficient (Wildman–Crippen LogP) is 3.18. The second-order valence-corrected chi connectivity index (χ2v) is 8.99. The fraction of sp³-hybridized carbons (Fsp3) is 0.278. The molecule has 0 fully saturated rings. The van der Waals surface area contributed by atoms with Gasteiger partial charge in [0.05, 0.1) is 18.5 Å². The molecule has 0 aliphatic rings. The Balaban J connectivity index is 1.53. The minimum Gasteiger partial charge on any atom is -0.467 e. The number of ether oxygens (including phenoxy) is 1. The Labute approximate surface area is 221 Å². The highest BCUT2D eigenvalue weighted by atomic mass is 32.1. The van der Waals surface area contributed by atoms with Gasteiger partial charge in [-0.25, -0.2) is 9.97 Å². The summed E-state index contributed by atoms with van der Waals surface area (Å²) in [5.41, 5.74) is 14.3. The molecule has 5 rings (SSSR count). The highest BCUT2D eigenvalue weighted by Gasteiger charge is 2.21. The first-order valence-electron chi connectivity index (χ1n) is 10.7. The van der Waals surface area contributed by atoms with Crippen molar-refractivity contribution in [2.24, 2.45) is 20.5 Å². The summed E-state index contributed by atoms with van der Waals surface area (Å²) in [6.45, 7) is 6.96. The molecule has 0 aliphatic heterocycles. The summed E-state index contributed by atoms with van der Waals surface area (Å²) in [5.74, 6) is 1.56. The Morgan fingerprint density at radius 2 is 1.11 bits per heavy atom. The lowest BCUT2D eigenvalue weighted by Gasteiger charge is -2.08. The van der Waals surface area contributed by atoms with Crippen LogP contribution < -0.4 is 16.2 Å². The largest absolute Gasteiger partial charge is 0.467 e. The van der Waals surface area contributed by atoms with Gasteiger partial charge in [-0.3, -0.25) is 0 Å². The van der Waals surface area contributed by atoms with Gasteiger partial charge in [0.2, 0.25) is 10.3 Å². The molecule has 0 atom stereocenters. The van der Waals surface area contributed by atoms with Gasteiger partial charge in [-0.1, -0.05) is 0 Å². The Kier molecular flexibility index (Phi) is 6.46. The molecule has 20 heteroatoms. The van der Waals surface area contributed by atoms with Crippen molar-refractivity contribution >= 4 is 56.3 Å². The molecular formula is C18H19N17OS2. The lowest BCUT2D eigenvalue weighted by molar-refractivity contribution is 0.375. The van der Waals surface area contributed by atoms with E-state index in [1.54, 1.807) is 27.7 Å². The number of methoxy groups -OCH3 is 1. The van der Waals surface area contributed by atoms with Crippen molar-refractivity contribution in [3.63, 3.8) is 0 Å². The molecule has 38 heavy (non-hydrogen) atoms. The second-order valence-electron chi connectivity index (χ2n) is 7.53. The number of nitrogen functional groups attached to an aromatic ring is 2. The fourth-order valence-corrected chi connectivity index (χ4v) is 4.09. The van der Waals surface area contributed by atoms with Crippen LogP contribution in [0, 0.1) is 27.7 Å². The van der Waals surface area contributed by atoms with Gasteiger partial charge in [0.1, 0.15) is 11.6 Å². The molecule has 5 aromatic rings. The number of azo groups is 2. The topological polar surface area (TPSA) is 237 Å². The van der Waals surface area contributed by atoms with Crippen molar-refractivity contribution in [1.82, 2.24) is 53.2 Å². The number of nitrogens with zero attached hydrogens (tertiary/aromatic N) is 15. The van der Waals surface area contributed by atoms with E-state index in [-0.39, 0.29) is 29.5 Å². The minimum absolute atomic E-state index is 0.0230. The third kappa shape index (κ3) is 4.76. The summed E-state index contributed by atoms with van der Waals surface area (Å²) < 4.78 is 16.0. The summed E-state index contributed by atoms with van der Waals surface area (Å²) in [6.07, 6.45) is 0. The van der Waals surface area contributed by atoms with Gasteiger partial charge in [-0.15, -0.1) is 20.5 Å². The monoisotopic (exact) mass is 553 g/mol. The quantitative estimate of drug-likeness (QED) is 0.276. The molecule has 5 heterocycles. The average molecular weight is 554 g/mol.